The number of hydrogen-bond acceptors (Lipinski definition) is 5. The first-order chi connectivity index (χ1) is 9.20. The van der Waals surface area contributed by atoms with Gasteiger partial charge in [-0.2, -0.15) is 5.26 Å². The van der Waals surface area contributed by atoms with Crippen LogP contribution in [-0.2, 0) is 4.79 Å². The number of nitriles is 1. The Morgan fingerprint density at radius 1 is 1.42 bits per heavy atom. The van der Waals surface area contributed by atoms with Crippen LogP contribution in [0, 0.1) is 17.2 Å². The Morgan fingerprint density at radius 2 is 2.11 bits per heavy atom. The molecule has 2 heterocycles. The van der Waals surface area contributed by atoms with E-state index in [1.807, 2.05) is 0 Å². The molecule has 6 heteroatoms. The summed E-state index contributed by atoms with van der Waals surface area (Å²) >= 11 is 0. The molecule has 19 heavy (non-hydrogen) atoms. The van der Waals surface area contributed by atoms with Crippen molar-refractivity contribution in [1.82, 2.24) is 9.97 Å². The van der Waals surface area contributed by atoms with Gasteiger partial charge in [0.1, 0.15) is 6.07 Å². The Bertz CT molecular complexity index is 490. The summed E-state index contributed by atoms with van der Waals surface area (Å²) in [6, 6.07) is 2.05. The fraction of sp³-hybridized carbons (Fsp3) is 0.538. The van der Waals surface area contributed by atoms with Crippen molar-refractivity contribution in [3.05, 3.63) is 18.1 Å². The summed E-state index contributed by atoms with van der Waals surface area (Å²) < 4.78 is 0. The highest BCUT2D eigenvalue weighted by Gasteiger charge is 2.22. The highest BCUT2D eigenvalue weighted by molar-refractivity contribution is 5.66. The predicted molar refractivity (Wildman–Crippen MR) is 68.6 cm³/mol. The van der Waals surface area contributed by atoms with Crippen LogP contribution in [0.1, 0.15) is 31.4 Å². The molecule has 1 aromatic heterocycles. The predicted octanol–water partition coefficient (Wildman–Crippen LogP) is 1.43. The van der Waals surface area contributed by atoms with Crippen LogP contribution in [0.5, 0.6) is 0 Å². The van der Waals surface area contributed by atoms with Crippen LogP contribution in [0.15, 0.2) is 12.4 Å². The first-order valence-corrected chi connectivity index (χ1v) is 6.38. The number of anilines is 1. The van der Waals surface area contributed by atoms with Gasteiger partial charge in [-0.25, -0.2) is 9.97 Å². The number of nitrogens with zero attached hydrogens (tertiary/aromatic N) is 4. The van der Waals surface area contributed by atoms with Gasteiger partial charge in [-0.3, -0.25) is 4.79 Å². The first-order valence-electron chi connectivity index (χ1n) is 6.38. The zero-order valence-electron chi connectivity index (χ0n) is 10.6. The largest absolute Gasteiger partial charge is 0.481 e. The molecule has 2 rings (SSSR count). The van der Waals surface area contributed by atoms with Gasteiger partial charge in [-0.05, 0) is 25.2 Å². The zero-order valence-corrected chi connectivity index (χ0v) is 10.6. The molecule has 1 aromatic rings. The van der Waals surface area contributed by atoms with E-state index < -0.39 is 5.97 Å². The Hall–Kier alpha value is -2.16. The van der Waals surface area contributed by atoms with E-state index in [1.165, 1.54) is 6.20 Å². The quantitative estimate of drug-likeness (QED) is 0.880. The lowest BCUT2D eigenvalue weighted by molar-refractivity contribution is -0.137. The van der Waals surface area contributed by atoms with E-state index >= 15 is 0 Å². The molecule has 0 aliphatic carbocycles. The van der Waals surface area contributed by atoms with E-state index in [2.05, 4.69) is 20.9 Å². The third-order valence-electron chi connectivity index (χ3n) is 3.47. The number of aliphatic carboxylic acids is 1. The van der Waals surface area contributed by atoms with Crippen LogP contribution in [0.3, 0.4) is 0 Å². The van der Waals surface area contributed by atoms with Crippen LogP contribution < -0.4 is 4.90 Å². The SMILES string of the molecule is N#Cc1nccnc1N1CCC(CCC(=O)O)CC1. The van der Waals surface area contributed by atoms with Gasteiger partial charge in [-0.15, -0.1) is 0 Å². The molecule has 1 N–H and O–H groups in total. The van der Waals surface area contributed by atoms with Gasteiger partial charge in [0.2, 0.25) is 0 Å². The number of piperidine rings is 1. The number of aromatic nitrogens is 2. The van der Waals surface area contributed by atoms with Crippen molar-refractivity contribution >= 4 is 11.8 Å². The average molecular weight is 260 g/mol. The van der Waals surface area contributed by atoms with Crippen molar-refractivity contribution in [3.63, 3.8) is 0 Å². The monoisotopic (exact) mass is 260 g/mol. The molecule has 6 nitrogen and oxygen atoms in total. The minimum Gasteiger partial charge on any atom is -0.481 e. The summed E-state index contributed by atoms with van der Waals surface area (Å²) in [6.07, 6.45) is 5.95. The van der Waals surface area contributed by atoms with Gasteiger partial charge < -0.3 is 10.0 Å². The minimum absolute atomic E-state index is 0.235. The van der Waals surface area contributed by atoms with Gasteiger partial charge in [0, 0.05) is 31.9 Å². The smallest absolute Gasteiger partial charge is 0.303 e. The van der Waals surface area contributed by atoms with Crippen molar-refractivity contribution in [1.29, 1.82) is 5.26 Å². The molecule has 0 amide bonds. The molecule has 0 saturated carbocycles. The van der Waals surface area contributed by atoms with Gasteiger partial charge in [0.15, 0.2) is 11.5 Å². The van der Waals surface area contributed by atoms with Crippen molar-refractivity contribution in [2.75, 3.05) is 18.0 Å². The zero-order chi connectivity index (χ0) is 13.7. The Morgan fingerprint density at radius 3 is 2.74 bits per heavy atom. The van der Waals surface area contributed by atoms with Crippen molar-refractivity contribution < 1.29 is 9.90 Å². The number of carbonyl (C=O) groups is 1. The van der Waals surface area contributed by atoms with E-state index in [1.54, 1.807) is 6.20 Å². The molecule has 0 aromatic carbocycles. The highest BCUT2D eigenvalue weighted by Crippen LogP contribution is 2.25. The first kappa shape index (κ1) is 13.3. The molecular formula is C13H16N4O2. The summed E-state index contributed by atoms with van der Waals surface area (Å²) in [5.41, 5.74) is 0.353. The maximum Gasteiger partial charge on any atom is 0.303 e. The normalized spacial score (nSPS) is 16.1. The van der Waals surface area contributed by atoms with Crippen molar-refractivity contribution in [2.24, 2.45) is 5.92 Å². The lowest BCUT2D eigenvalue weighted by Crippen LogP contribution is -2.35. The molecule has 0 unspecified atom stereocenters. The number of hydrogen-bond donors (Lipinski definition) is 1. The summed E-state index contributed by atoms with van der Waals surface area (Å²) in [5, 5.41) is 17.7. The highest BCUT2D eigenvalue weighted by atomic mass is 16.4. The second-order valence-electron chi connectivity index (χ2n) is 4.70. The molecular weight excluding hydrogens is 244 g/mol. The van der Waals surface area contributed by atoms with Crippen LogP contribution >= 0.6 is 0 Å². The van der Waals surface area contributed by atoms with Crippen LogP contribution in [0.4, 0.5) is 5.82 Å². The maximum absolute atomic E-state index is 10.5. The molecule has 0 bridgehead atoms. The number of carboxylic acids is 1. The summed E-state index contributed by atoms with van der Waals surface area (Å²) in [6.45, 7) is 1.61. The Labute approximate surface area is 111 Å². The fourth-order valence-electron chi connectivity index (χ4n) is 2.40. The van der Waals surface area contributed by atoms with E-state index in [0.29, 0.717) is 17.4 Å². The van der Waals surface area contributed by atoms with Crippen molar-refractivity contribution in [3.8, 4) is 6.07 Å². The minimum atomic E-state index is -0.733. The molecule has 0 radical (unpaired) electrons. The molecule has 100 valence electrons. The van der Waals surface area contributed by atoms with Gasteiger partial charge in [0.05, 0.1) is 0 Å². The molecule has 1 aliphatic rings. The number of carboxylic acid groups (broad SMARTS) is 1. The Balaban J connectivity index is 1.93. The fourth-order valence-corrected chi connectivity index (χ4v) is 2.40. The summed E-state index contributed by atoms with van der Waals surface area (Å²) in [5.74, 6) is 0.361. The standard InChI is InChI=1S/C13H16N4O2/c14-9-11-13(16-6-5-15-11)17-7-3-10(4-8-17)1-2-12(18)19/h5-6,10H,1-4,7-8H2,(H,18,19). The van der Waals surface area contributed by atoms with Crippen LogP contribution in [-0.4, -0.2) is 34.1 Å². The maximum atomic E-state index is 10.5. The van der Waals surface area contributed by atoms with Gasteiger partial charge in [0.25, 0.3) is 0 Å². The van der Waals surface area contributed by atoms with Crippen LogP contribution in [0.25, 0.3) is 0 Å². The van der Waals surface area contributed by atoms with Gasteiger partial charge >= 0.3 is 5.97 Å². The number of rotatable bonds is 4. The topological polar surface area (TPSA) is 90.1 Å². The molecule has 1 fully saturated rings. The Kier molecular flexibility index (Phi) is 4.29. The molecule has 1 saturated heterocycles. The van der Waals surface area contributed by atoms with Crippen LogP contribution in [0.2, 0.25) is 0 Å². The molecule has 0 atom stereocenters. The third-order valence-corrected chi connectivity index (χ3v) is 3.47. The average Bonchev–Trinajstić information content (AvgIpc) is 2.45. The second kappa shape index (κ2) is 6.14. The summed E-state index contributed by atoms with van der Waals surface area (Å²) in [4.78, 5) is 20.8. The molecule has 1 aliphatic heterocycles. The van der Waals surface area contributed by atoms with E-state index in [9.17, 15) is 4.79 Å². The lowest BCUT2D eigenvalue weighted by Gasteiger charge is -2.32. The van der Waals surface area contributed by atoms with Crippen molar-refractivity contribution in [2.45, 2.75) is 25.7 Å². The summed E-state index contributed by atoms with van der Waals surface area (Å²) in [7, 11) is 0. The van der Waals surface area contributed by atoms with E-state index in [4.69, 9.17) is 10.4 Å². The third kappa shape index (κ3) is 3.41. The molecule has 0 spiro atoms. The van der Waals surface area contributed by atoms with E-state index in [0.717, 1.165) is 32.4 Å². The lowest BCUT2D eigenvalue weighted by atomic mass is 9.92. The van der Waals surface area contributed by atoms with Gasteiger partial charge in [-0.1, -0.05) is 0 Å². The second-order valence-corrected chi connectivity index (χ2v) is 4.70. The van der Waals surface area contributed by atoms with E-state index in [-0.39, 0.29) is 6.42 Å².